The van der Waals surface area contributed by atoms with Gasteiger partial charge in [-0.1, -0.05) is 49.0 Å². The first kappa shape index (κ1) is 22.1. The lowest BCUT2D eigenvalue weighted by Gasteiger charge is -2.26. The van der Waals surface area contributed by atoms with Crippen molar-refractivity contribution in [1.82, 2.24) is 19.4 Å². The smallest absolute Gasteiger partial charge is 0.272 e. The van der Waals surface area contributed by atoms with E-state index in [1.807, 2.05) is 35.2 Å². The molecule has 3 aromatic heterocycles. The van der Waals surface area contributed by atoms with E-state index in [0.717, 1.165) is 36.1 Å². The van der Waals surface area contributed by atoms with Gasteiger partial charge in [-0.2, -0.15) is 0 Å². The van der Waals surface area contributed by atoms with Gasteiger partial charge in [0.2, 0.25) is 5.91 Å². The molecule has 0 radical (unpaired) electrons. The lowest BCUT2D eigenvalue weighted by atomic mass is 10.0. The first-order valence-corrected chi connectivity index (χ1v) is 13.2. The van der Waals surface area contributed by atoms with Crippen molar-refractivity contribution >= 4 is 49.4 Å². The highest BCUT2D eigenvalue weighted by atomic mass is 32.2. The number of hydrogen-bond acceptors (Lipinski definition) is 6. The Morgan fingerprint density at radius 1 is 1.12 bits per heavy atom. The highest BCUT2D eigenvalue weighted by Gasteiger charge is 2.21. The molecule has 1 fully saturated rings. The highest BCUT2D eigenvalue weighted by Crippen LogP contribution is 2.31. The zero-order chi connectivity index (χ0) is 22.8. The largest absolute Gasteiger partial charge is 0.342 e. The van der Waals surface area contributed by atoms with Crippen LogP contribution in [0.2, 0.25) is 0 Å². The third kappa shape index (κ3) is 4.54. The van der Waals surface area contributed by atoms with Crippen molar-refractivity contribution in [2.45, 2.75) is 43.8 Å². The maximum absolute atomic E-state index is 13.6. The minimum absolute atomic E-state index is 0.0568. The fourth-order valence-electron chi connectivity index (χ4n) is 4.33. The zero-order valence-corrected chi connectivity index (χ0v) is 20.2. The quantitative estimate of drug-likeness (QED) is 0.291. The highest BCUT2D eigenvalue weighted by molar-refractivity contribution is 7.99. The van der Waals surface area contributed by atoms with E-state index in [4.69, 9.17) is 4.98 Å². The summed E-state index contributed by atoms with van der Waals surface area (Å²) in [7, 11) is 0. The molecule has 0 spiro atoms. The molecule has 6 nitrogen and oxygen atoms in total. The molecule has 170 valence electrons. The fraction of sp³-hybridized carbons (Fsp3) is 0.360. The number of carbonyl (C=O) groups is 1. The lowest BCUT2D eigenvalue weighted by molar-refractivity contribution is -0.129. The molecule has 1 aliphatic rings. The average molecular weight is 479 g/mol. The molecule has 1 atom stereocenters. The SMILES string of the molecule is C[C@@H](Cn1c(SCC(=O)N2CCCCC2)nc2c(sc3ncccc32)c1=O)c1ccccc1. The molecule has 0 aliphatic carbocycles. The van der Waals surface area contributed by atoms with Crippen LogP contribution in [0.15, 0.2) is 58.6 Å². The molecule has 0 saturated carbocycles. The molecule has 1 saturated heterocycles. The van der Waals surface area contributed by atoms with Gasteiger partial charge >= 0.3 is 0 Å². The first-order chi connectivity index (χ1) is 16.1. The van der Waals surface area contributed by atoms with Crippen LogP contribution in [0.25, 0.3) is 20.4 Å². The molecule has 8 heteroatoms. The number of nitrogens with zero attached hydrogens (tertiary/aromatic N) is 4. The summed E-state index contributed by atoms with van der Waals surface area (Å²) in [5.41, 5.74) is 1.80. The molecule has 0 N–H and O–H groups in total. The third-order valence-corrected chi connectivity index (χ3v) is 8.23. The van der Waals surface area contributed by atoms with Gasteiger partial charge < -0.3 is 4.90 Å². The summed E-state index contributed by atoms with van der Waals surface area (Å²) in [6, 6.07) is 14.0. The maximum atomic E-state index is 13.6. The van der Waals surface area contributed by atoms with Crippen molar-refractivity contribution in [2.75, 3.05) is 18.8 Å². The molecule has 33 heavy (non-hydrogen) atoms. The van der Waals surface area contributed by atoms with E-state index in [0.29, 0.717) is 21.9 Å². The van der Waals surface area contributed by atoms with Crippen LogP contribution >= 0.6 is 23.1 Å². The van der Waals surface area contributed by atoms with Gasteiger partial charge in [0, 0.05) is 31.2 Å². The number of benzene rings is 1. The molecular weight excluding hydrogens is 452 g/mol. The van der Waals surface area contributed by atoms with Gasteiger partial charge in [0.1, 0.15) is 9.53 Å². The summed E-state index contributed by atoms with van der Waals surface area (Å²) in [6.45, 7) is 4.27. The van der Waals surface area contributed by atoms with E-state index >= 15 is 0 Å². The van der Waals surface area contributed by atoms with E-state index < -0.39 is 0 Å². The summed E-state index contributed by atoms with van der Waals surface area (Å²) < 4.78 is 2.37. The van der Waals surface area contributed by atoms with Gasteiger partial charge in [-0.15, -0.1) is 11.3 Å². The van der Waals surface area contributed by atoms with E-state index in [9.17, 15) is 9.59 Å². The lowest BCUT2D eigenvalue weighted by Crippen LogP contribution is -2.37. The normalized spacial score (nSPS) is 15.2. The Morgan fingerprint density at radius 3 is 2.70 bits per heavy atom. The van der Waals surface area contributed by atoms with Crippen molar-refractivity contribution in [1.29, 1.82) is 0 Å². The number of thioether (sulfide) groups is 1. The molecule has 4 aromatic rings. The monoisotopic (exact) mass is 478 g/mol. The van der Waals surface area contributed by atoms with Crippen LogP contribution in [0.5, 0.6) is 0 Å². The topological polar surface area (TPSA) is 68.1 Å². The number of aromatic nitrogens is 3. The minimum Gasteiger partial charge on any atom is -0.342 e. The Kier molecular flexibility index (Phi) is 6.46. The van der Waals surface area contributed by atoms with Crippen LogP contribution in [-0.4, -0.2) is 44.2 Å². The molecule has 5 rings (SSSR count). The number of hydrogen-bond donors (Lipinski definition) is 0. The predicted octanol–water partition coefficient (Wildman–Crippen LogP) is 4.91. The number of rotatable bonds is 6. The predicted molar refractivity (Wildman–Crippen MR) is 135 cm³/mol. The van der Waals surface area contributed by atoms with Crippen molar-refractivity contribution in [3.05, 3.63) is 64.6 Å². The maximum Gasteiger partial charge on any atom is 0.272 e. The van der Waals surface area contributed by atoms with E-state index in [1.54, 1.807) is 10.8 Å². The minimum atomic E-state index is -0.0568. The fourth-order valence-corrected chi connectivity index (χ4v) is 6.27. The third-order valence-electron chi connectivity index (χ3n) is 6.18. The van der Waals surface area contributed by atoms with Crippen LogP contribution in [0.3, 0.4) is 0 Å². The second-order valence-electron chi connectivity index (χ2n) is 8.49. The molecule has 0 unspecified atom stereocenters. The molecule has 4 heterocycles. The Hall–Kier alpha value is -2.71. The van der Waals surface area contributed by atoms with Crippen molar-refractivity contribution in [2.24, 2.45) is 0 Å². The van der Waals surface area contributed by atoms with Gasteiger partial charge in [0.25, 0.3) is 5.56 Å². The van der Waals surface area contributed by atoms with E-state index in [-0.39, 0.29) is 23.1 Å². The summed E-state index contributed by atoms with van der Waals surface area (Å²) in [4.78, 5) is 38.5. The number of likely N-dealkylation sites (tertiary alicyclic amines) is 1. The molecular formula is C25H26N4O2S2. The first-order valence-electron chi connectivity index (χ1n) is 11.4. The molecule has 1 amide bonds. The Balaban J connectivity index is 1.52. The standard InChI is InChI=1S/C25H26N4O2S2/c1-17(18-9-4-2-5-10-18)15-29-24(31)22-21(19-11-8-12-26-23(19)33-22)27-25(29)32-16-20(30)28-13-6-3-7-14-28/h2,4-5,8-12,17H,3,6-7,13-16H2,1H3/t17-/m0/s1. The number of fused-ring (bicyclic) bond motifs is 3. The van der Waals surface area contributed by atoms with Crippen molar-refractivity contribution < 1.29 is 4.79 Å². The second kappa shape index (κ2) is 9.65. The van der Waals surface area contributed by atoms with Gasteiger partial charge in [-0.3, -0.25) is 14.2 Å². The van der Waals surface area contributed by atoms with Gasteiger partial charge in [0.15, 0.2) is 5.16 Å². The summed E-state index contributed by atoms with van der Waals surface area (Å²) >= 11 is 2.76. The summed E-state index contributed by atoms with van der Waals surface area (Å²) in [5, 5.41) is 1.49. The van der Waals surface area contributed by atoms with Crippen LogP contribution in [0.4, 0.5) is 0 Å². The van der Waals surface area contributed by atoms with E-state index in [2.05, 4.69) is 24.0 Å². The molecule has 0 bridgehead atoms. The Bertz CT molecular complexity index is 1340. The molecule has 1 aliphatic heterocycles. The van der Waals surface area contributed by atoms with Crippen LogP contribution < -0.4 is 5.56 Å². The van der Waals surface area contributed by atoms with Gasteiger partial charge in [-0.05, 0) is 42.9 Å². The average Bonchev–Trinajstić information content (AvgIpc) is 3.24. The van der Waals surface area contributed by atoms with E-state index in [1.165, 1.54) is 35.1 Å². The van der Waals surface area contributed by atoms with Crippen LogP contribution in [-0.2, 0) is 11.3 Å². The number of amides is 1. The number of piperidine rings is 1. The zero-order valence-electron chi connectivity index (χ0n) is 18.6. The Labute approximate surface area is 200 Å². The van der Waals surface area contributed by atoms with Gasteiger partial charge in [-0.25, -0.2) is 9.97 Å². The summed E-state index contributed by atoms with van der Waals surface area (Å²) in [5.74, 6) is 0.541. The van der Waals surface area contributed by atoms with Gasteiger partial charge in [0.05, 0.1) is 11.3 Å². The van der Waals surface area contributed by atoms with Crippen LogP contribution in [0.1, 0.15) is 37.7 Å². The number of pyridine rings is 1. The Morgan fingerprint density at radius 2 is 1.91 bits per heavy atom. The second-order valence-corrected chi connectivity index (χ2v) is 10.4. The van der Waals surface area contributed by atoms with Crippen molar-refractivity contribution in [3.63, 3.8) is 0 Å². The van der Waals surface area contributed by atoms with Crippen LogP contribution in [0, 0.1) is 0 Å². The summed E-state index contributed by atoms with van der Waals surface area (Å²) in [6.07, 6.45) is 5.05. The number of carbonyl (C=O) groups excluding carboxylic acids is 1. The molecule has 1 aromatic carbocycles. The number of thiophene rings is 1. The van der Waals surface area contributed by atoms with Crippen molar-refractivity contribution in [3.8, 4) is 0 Å².